The topological polar surface area (TPSA) is 135 Å². The molecule has 3 rings (SSSR count). The molecule has 0 aliphatic rings. The second kappa shape index (κ2) is 8.83. The van der Waals surface area contributed by atoms with Crippen LogP contribution in [-0.2, 0) is 22.3 Å². The Hall–Kier alpha value is -4.29. The van der Waals surface area contributed by atoms with Crippen molar-refractivity contribution in [3.8, 4) is 11.4 Å². The molecule has 0 atom stereocenters. The van der Waals surface area contributed by atoms with Crippen LogP contribution in [0, 0.1) is 10.1 Å². The maximum atomic E-state index is 12.6. The molecular formula is C19H12F3N3O7. The number of hydrogen-bond acceptors (Lipinski definition) is 9. The first-order valence-electron chi connectivity index (χ1n) is 8.63. The number of halogens is 3. The molecule has 1 heterocycles. The van der Waals surface area contributed by atoms with Crippen molar-refractivity contribution in [3.05, 3.63) is 75.2 Å². The van der Waals surface area contributed by atoms with Gasteiger partial charge in [0.15, 0.2) is 6.61 Å². The second-order valence-corrected chi connectivity index (χ2v) is 6.18. The van der Waals surface area contributed by atoms with Crippen molar-refractivity contribution in [1.29, 1.82) is 0 Å². The first-order chi connectivity index (χ1) is 15.1. The summed E-state index contributed by atoms with van der Waals surface area (Å²) in [5.74, 6) is -2.12. The van der Waals surface area contributed by atoms with Gasteiger partial charge in [-0.05, 0) is 18.2 Å². The zero-order valence-electron chi connectivity index (χ0n) is 16.1. The van der Waals surface area contributed by atoms with Crippen LogP contribution in [0.25, 0.3) is 11.4 Å². The number of hydrogen-bond donors (Lipinski definition) is 0. The van der Waals surface area contributed by atoms with Crippen molar-refractivity contribution in [2.75, 3.05) is 7.11 Å². The van der Waals surface area contributed by atoms with Crippen molar-refractivity contribution in [1.82, 2.24) is 10.1 Å². The third kappa shape index (κ3) is 5.06. The Labute approximate surface area is 176 Å². The van der Waals surface area contributed by atoms with E-state index in [2.05, 4.69) is 14.9 Å². The molecule has 10 nitrogen and oxygen atoms in total. The Bertz CT molecular complexity index is 1170. The van der Waals surface area contributed by atoms with Crippen molar-refractivity contribution < 1.29 is 41.7 Å². The standard InChI is InChI=1S/C19H12F3N3O7/c1-30-17(26)11-6-12(8-14(7-11)25(28)29)18(27)31-9-15-23-16(24-32-15)10-2-4-13(5-3-10)19(20,21)22/h2-8H,9H2,1H3. The molecule has 1 aromatic heterocycles. The first kappa shape index (κ1) is 22.4. The lowest BCUT2D eigenvalue weighted by Crippen LogP contribution is -2.09. The number of methoxy groups -OCH3 is 1. The van der Waals surface area contributed by atoms with Gasteiger partial charge in [0.05, 0.1) is 28.7 Å². The third-order valence-electron chi connectivity index (χ3n) is 4.05. The monoisotopic (exact) mass is 451 g/mol. The van der Waals surface area contributed by atoms with Gasteiger partial charge in [0.25, 0.3) is 11.6 Å². The molecule has 13 heteroatoms. The summed E-state index contributed by atoms with van der Waals surface area (Å²) in [6.45, 7) is -0.525. The van der Waals surface area contributed by atoms with Crippen LogP contribution in [0.15, 0.2) is 47.0 Å². The highest BCUT2D eigenvalue weighted by molar-refractivity contribution is 5.96. The number of nitrogens with zero attached hydrogens (tertiary/aromatic N) is 3. The molecule has 32 heavy (non-hydrogen) atoms. The van der Waals surface area contributed by atoms with Gasteiger partial charge in [-0.15, -0.1) is 0 Å². The minimum atomic E-state index is -4.49. The fraction of sp³-hybridized carbons (Fsp3) is 0.158. The van der Waals surface area contributed by atoms with Crippen LogP contribution in [0.3, 0.4) is 0 Å². The molecule has 0 radical (unpaired) electrons. The van der Waals surface area contributed by atoms with Gasteiger partial charge in [0, 0.05) is 17.7 Å². The average molecular weight is 451 g/mol. The highest BCUT2D eigenvalue weighted by Crippen LogP contribution is 2.30. The molecule has 3 aromatic rings. The number of benzene rings is 2. The molecule has 0 spiro atoms. The van der Waals surface area contributed by atoms with Crippen molar-refractivity contribution >= 4 is 17.6 Å². The van der Waals surface area contributed by atoms with Gasteiger partial charge in [0.1, 0.15) is 0 Å². The Morgan fingerprint density at radius 3 is 2.28 bits per heavy atom. The quantitative estimate of drug-likeness (QED) is 0.311. The lowest BCUT2D eigenvalue weighted by Gasteiger charge is -2.05. The minimum Gasteiger partial charge on any atom is -0.465 e. The zero-order chi connectivity index (χ0) is 23.5. The van der Waals surface area contributed by atoms with Crippen LogP contribution in [0.5, 0.6) is 0 Å². The van der Waals surface area contributed by atoms with Crippen LogP contribution in [0.1, 0.15) is 32.2 Å². The Morgan fingerprint density at radius 2 is 1.72 bits per heavy atom. The van der Waals surface area contributed by atoms with Gasteiger partial charge in [0.2, 0.25) is 5.82 Å². The number of rotatable bonds is 6. The van der Waals surface area contributed by atoms with Crippen LogP contribution in [-0.4, -0.2) is 34.1 Å². The summed E-state index contributed by atoms with van der Waals surface area (Å²) in [5.41, 5.74) is -1.65. The number of ether oxygens (including phenoxy) is 2. The second-order valence-electron chi connectivity index (χ2n) is 6.18. The smallest absolute Gasteiger partial charge is 0.416 e. The van der Waals surface area contributed by atoms with E-state index in [1.54, 1.807) is 0 Å². The van der Waals surface area contributed by atoms with Crippen LogP contribution >= 0.6 is 0 Å². The van der Waals surface area contributed by atoms with E-state index in [0.717, 1.165) is 49.6 Å². The molecule has 0 saturated carbocycles. The number of alkyl halides is 3. The molecule has 2 aromatic carbocycles. The van der Waals surface area contributed by atoms with Gasteiger partial charge in [-0.1, -0.05) is 17.3 Å². The summed E-state index contributed by atoms with van der Waals surface area (Å²) < 4.78 is 52.3. The third-order valence-corrected chi connectivity index (χ3v) is 4.05. The Balaban J connectivity index is 1.72. The largest absolute Gasteiger partial charge is 0.465 e. The van der Waals surface area contributed by atoms with Crippen molar-refractivity contribution in [3.63, 3.8) is 0 Å². The summed E-state index contributed by atoms with van der Waals surface area (Å²) in [6, 6.07) is 6.93. The van der Waals surface area contributed by atoms with Crippen molar-refractivity contribution in [2.45, 2.75) is 12.8 Å². The summed E-state index contributed by atoms with van der Waals surface area (Å²) in [4.78, 5) is 38.1. The van der Waals surface area contributed by atoms with Crippen LogP contribution < -0.4 is 0 Å². The number of carbonyl (C=O) groups is 2. The van der Waals surface area contributed by atoms with E-state index in [9.17, 15) is 32.9 Å². The first-order valence-corrected chi connectivity index (χ1v) is 8.63. The maximum absolute atomic E-state index is 12.6. The fourth-order valence-corrected chi connectivity index (χ4v) is 2.52. The molecule has 0 aliphatic heterocycles. The normalized spacial score (nSPS) is 11.1. The predicted octanol–water partition coefficient (Wildman–Crippen LogP) is 3.81. The highest BCUT2D eigenvalue weighted by atomic mass is 19.4. The molecule has 0 aliphatic carbocycles. The van der Waals surface area contributed by atoms with Crippen LogP contribution in [0.2, 0.25) is 0 Å². The van der Waals surface area contributed by atoms with Gasteiger partial charge in [-0.2, -0.15) is 18.2 Å². The Kier molecular flexibility index (Phi) is 6.18. The number of nitro groups is 1. The number of nitro benzene ring substituents is 1. The minimum absolute atomic E-state index is 0.0342. The lowest BCUT2D eigenvalue weighted by atomic mass is 10.1. The molecule has 0 amide bonds. The summed E-state index contributed by atoms with van der Waals surface area (Å²) >= 11 is 0. The number of non-ortho nitro benzene ring substituents is 1. The summed E-state index contributed by atoms with van der Waals surface area (Å²) in [7, 11) is 1.07. The van der Waals surface area contributed by atoms with E-state index in [1.807, 2.05) is 0 Å². The Morgan fingerprint density at radius 1 is 1.09 bits per heavy atom. The molecule has 166 valence electrons. The molecular weight excluding hydrogens is 439 g/mol. The SMILES string of the molecule is COC(=O)c1cc(C(=O)OCc2nc(-c3ccc(C(F)(F)F)cc3)no2)cc([N+](=O)[O-])c1. The molecule has 0 saturated heterocycles. The summed E-state index contributed by atoms with van der Waals surface area (Å²) in [5, 5.41) is 14.6. The van der Waals surface area contributed by atoms with Gasteiger partial charge in [-0.25, -0.2) is 9.59 Å². The summed E-state index contributed by atoms with van der Waals surface area (Å²) in [6.07, 6.45) is -4.49. The van der Waals surface area contributed by atoms with E-state index >= 15 is 0 Å². The fourth-order valence-electron chi connectivity index (χ4n) is 2.52. The molecule has 0 unspecified atom stereocenters. The van der Waals surface area contributed by atoms with E-state index in [-0.39, 0.29) is 28.4 Å². The van der Waals surface area contributed by atoms with Gasteiger partial charge < -0.3 is 14.0 Å². The number of aromatic nitrogens is 2. The highest BCUT2D eigenvalue weighted by Gasteiger charge is 2.30. The van der Waals surface area contributed by atoms with E-state index in [1.165, 1.54) is 0 Å². The van der Waals surface area contributed by atoms with E-state index in [0.29, 0.717) is 0 Å². The maximum Gasteiger partial charge on any atom is 0.416 e. The van der Waals surface area contributed by atoms with Gasteiger partial charge >= 0.3 is 18.1 Å². The number of carbonyl (C=O) groups excluding carboxylic acids is 2. The molecule has 0 bridgehead atoms. The number of esters is 2. The average Bonchev–Trinajstić information content (AvgIpc) is 3.25. The molecule has 0 N–H and O–H groups in total. The zero-order valence-corrected chi connectivity index (χ0v) is 16.1. The predicted molar refractivity (Wildman–Crippen MR) is 98.3 cm³/mol. The van der Waals surface area contributed by atoms with E-state index < -0.39 is 40.9 Å². The van der Waals surface area contributed by atoms with Gasteiger partial charge in [-0.3, -0.25) is 10.1 Å². The molecule has 0 fully saturated rings. The van der Waals surface area contributed by atoms with Crippen molar-refractivity contribution in [2.24, 2.45) is 0 Å². The van der Waals surface area contributed by atoms with E-state index in [4.69, 9.17) is 9.26 Å². The van der Waals surface area contributed by atoms with Crippen LogP contribution in [0.4, 0.5) is 18.9 Å². The lowest BCUT2D eigenvalue weighted by molar-refractivity contribution is -0.384.